The Morgan fingerprint density at radius 3 is 1.59 bits per heavy atom. The van der Waals surface area contributed by atoms with E-state index >= 15 is 0 Å². The molecule has 39 heavy (non-hydrogen) atoms. The minimum absolute atomic E-state index is 0.358. The molecule has 0 amide bonds. The van der Waals surface area contributed by atoms with Gasteiger partial charge in [-0.05, 0) is 67.6 Å². The number of hydrogen-bond acceptors (Lipinski definition) is 4. The van der Waals surface area contributed by atoms with Gasteiger partial charge in [-0.15, -0.1) is 0 Å². The van der Waals surface area contributed by atoms with Crippen molar-refractivity contribution in [2.45, 2.75) is 111 Å². The van der Waals surface area contributed by atoms with Crippen molar-refractivity contribution >= 4 is 11.9 Å². The summed E-state index contributed by atoms with van der Waals surface area (Å²) in [6, 6.07) is 13.3. The number of carbonyl (C=O) groups is 2. The Hall–Kier alpha value is -3.14. The number of esters is 2. The van der Waals surface area contributed by atoms with Crippen LogP contribution in [-0.4, -0.2) is 11.9 Å². The van der Waals surface area contributed by atoms with Crippen molar-refractivity contribution < 1.29 is 19.1 Å². The van der Waals surface area contributed by atoms with E-state index in [1.165, 1.54) is 70.6 Å². The number of rotatable bonds is 19. The minimum atomic E-state index is -0.438. The lowest BCUT2D eigenvalue weighted by molar-refractivity contribution is -0.131. The fraction of sp³-hybridized carbons (Fsp3) is 0.486. The van der Waals surface area contributed by atoms with Crippen LogP contribution in [0, 0.1) is 0 Å². The fourth-order valence-corrected chi connectivity index (χ4v) is 4.48. The van der Waals surface area contributed by atoms with Gasteiger partial charge in [0.2, 0.25) is 0 Å². The number of benzene rings is 2. The zero-order valence-corrected chi connectivity index (χ0v) is 24.5. The van der Waals surface area contributed by atoms with Gasteiger partial charge in [0.1, 0.15) is 11.5 Å². The molecule has 0 aliphatic heterocycles. The molecule has 0 radical (unpaired) electrons. The number of aryl methyl sites for hydroxylation is 1. The second-order valence-electron chi connectivity index (χ2n) is 10.7. The molecular formula is C35H48O4. The van der Waals surface area contributed by atoms with Gasteiger partial charge < -0.3 is 9.47 Å². The van der Waals surface area contributed by atoms with Crippen LogP contribution in [-0.2, 0) is 16.0 Å². The maximum absolute atomic E-state index is 12.2. The summed E-state index contributed by atoms with van der Waals surface area (Å²) >= 11 is 0. The van der Waals surface area contributed by atoms with Crippen LogP contribution in [0.15, 0.2) is 66.8 Å². The predicted molar refractivity (Wildman–Crippen MR) is 162 cm³/mol. The molecule has 4 nitrogen and oxygen atoms in total. The van der Waals surface area contributed by atoms with E-state index in [9.17, 15) is 9.59 Å². The van der Waals surface area contributed by atoms with Crippen LogP contribution in [0.3, 0.4) is 0 Å². The number of carbonyl (C=O) groups excluding carboxylic acids is 2. The normalized spacial score (nSPS) is 10.7. The maximum Gasteiger partial charge on any atom is 0.338 e. The number of unbranched alkanes of at least 4 members (excludes halogenated alkanes) is 12. The monoisotopic (exact) mass is 532 g/mol. The largest absolute Gasteiger partial charge is 0.423 e. The van der Waals surface area contributed by atoms with Crippen LogP contribution in [0.25, 0.3) is 11.1 Å². The zero-order valence-electron chi connectivity index (χ0n) is 24.5. The first kappa shape index (κ1) is 32.1. The highest BCUT2D eigenvalue weighted by Gasteiger charge is 2.12. The highest BCUT2D eigenvalue weighted by Crippen LogP contribution is 2.30. The van der Waals surface area contributed by atoms with Gasteiger partial charge in [-0.1, -0.05) is 115 Å². The van der Waals surface area contributed by atoms with Crippen molar-refractivity contribution in [2.24, 2.45) is 0 Å². The lowest BCUT2D eigenvalue weighted by Gasteiger charge is -2.13. The summed E-state index contributed by atoms with van der Waals surface area (Å²) in [5.74, 6) is 0.230. The van der Waals surface area contributed by atoms with E-state index in [-0.39, 0.29) is 0 Å². The molecule has 0 bridgehead atoms. The molecular weight excluding hydrogens is 484 g/mol. The summed E-state index contributed by atoms with van der Waals surface area (Å²) in [4.78, 5) is 24.0. The highest BCUT2D eigenvalue weighted by atomic mass is 16.5. The third kappa shape index (κ3) is 12.5. The van der Waals surface area contributed by atoms with Crippen LogP contribution in [0.5, 0.6) is 11.5 Å². The number of ether oxygens (including phenoxy) is 2. The van der Waals surface area contributed by atoms with Crippen LogP contribution < -0.4 is 9.47 Å². The first-order chi connectivity index (χ1) is 18.8. The van der Waals surface area contributed by atoms with Gasteiger partial charge in [-0.2, -0.15) is 0 Å². The van der Waals surface area contributed by atoms with Gasteiger partial charge in [0.15, 0.2) is 0 Å². The maximum atomic E-state index is 12.2. The summed E-state index contributed by atoms with van der Waals surface area (Å²) in [6.45, 7) is 12.9. The molecule has 0 aliphatic rings. The van der Waals surface area contributed by atoms with Crippen molar-refractivity contribution in [3.8, 4) is 22.6 Å². The third-order valence-corrected chi connectivity index (χ3v) is 6.91. The molecule has 2 aromatic rings. The highest BCUT2D eigenvalue weighted by molar-refractivity contribution is 5.89. The van der Waals surface area contributed by atoms with E-state index in [2.05, 4.69) is 26.1 Å². The molecule has 0 aliphatic carbocycles. The van der Waals surface area contributed by atoms with Gasteiger partial charge in [-0.3, -0.25) is 0 Å². The molecule has 0 saturated carbocycles. The zero-order chi connectivity index (χ0) is 28.5. The molecule has 0 heterocycles. The Morgan fingerprint density at radius 2 is 1.08 bits per heavy atom. The quantitative estimate of drug-likeness (QED) is 0.0782. The second kappa shape index (κ2) is 18.2. The Kier molecular flexibility index (Phi) is 15.0. The molecule has 4 heteroatoms. The second-order valence-corrected chi connectivity index (χ2v) is 10.7. The van der Waals surface area contributed by atoms with Crippen LogP contribution in [0.1, 0.15) is 110 Å². The van der Waals surface area contributed by atoms with Gasteiger partial charge in [0, 0.05) is 11.1 Å². The van der Waals surface area contributed by atoms with E-state index in [4.69, 9.17) is 9.47 Å². The average molecular weight is 533 g/mol. The molecule has 0 unspecified atom stereocenters. The van der Waals surface area contributed by atoms with Crippen molar-refractivity contribution in [1.29, 1.82) is 0 Å². The van der Waals surface area contributed by atoms with Gasteiger partial charge in [-0.25, -0.2) is 9.59 Å². The Labute approximate surface area is 236 Å². The molecule has 0 fully saturated rings. The molecule has 0 spiro atoms. The Balaban J connectivity index is 1.89. The average Bonchev–Trinajstić information content (AvgIpc) is 2.92. The van der Waals surface area contributed by atoms with Crippen molar-refractivity contribution in [3.05, 3.63) is 72.3 Å². The molecule has 2 aromatic carbocycles. The third-order valence-electron chi connectivity index (χ3n) is 6.91. The molecule has 0 saturated heterocycles. The molecule has 0 N–H and O–H groups in total. The number of hydrogen-bond donors (Lipinski definition) is 0. The lowest BCUT2D eigenvalue weighted by atomic mass is 9.98. The van der Waals surface area contributed by atoms with E-state index in [0.717, 1.165) is 36.0 Å². The van der Waals surface area contributed by atoms with Gasteiger partial charge in [0.05, 0.1) is 0 Å². The molecule has 212 valence electrons. The smallest absolute Gasteiger partial charge is 0.338 e. The van der Waals surface area contributed by atoms with Crippen molar-refractivity contribution in [1.82, 2.24) is 0 Å². The standard InChI is InChI=1S/C35H48O4/c1-6-7-8-9-10-11-12-13-14-15-16-17-18-19-31-26-30(22-25-33(31)39-35(37)28(4)5)29-20-23-32(24-21-29)38-34(36)27(2)3/h20-26H,2,4,6-19H2,1,3,5H3. The van der Waals surface area contributed by atoms with Crippen LogP contribution in [0.4, 0.5) is 0 Å². The molecule has 0 atom stereocenters. The Bertz CT molecular complexity index is 1060. The van der Waals surface area contributed by atoms with E-state index in [0.29, 0.717) is 22.6 Å². The predicted octanol–water partition coefficient (Wildman–Crippen LogP) is 9.95. The first-order valence-electron chi connectivity index (χ1n) is 14.8. The molecule has 2 rings (SSSR count). The SMILES string of the molecule is C=C(C)C(=O)Oc1ccc(-c2ccc(OC(=O)C(=C)C)c(CCCCCCCCCCCCCCC)c2)cc1. The van der Waals surface area contributed by atoms with Gasteiger partial charge in [0.25, 0.3) is 0 Å². The van der Waals surface area contributed by atoms with Crippen molar-refractivity contribution in [2.75, 3.05) is 0 Å². The summed E-state index contributed by atoms with van der Waals surface area (Å²) in [5.41, 5.74) is 3.77. The van der Waals surface area contributed by atoms with E-state index < -0.39 is 11.9 Å². The topological polar surface area (TPSA) is 52.6 Å². The van der Waals surface area contributed by atoms with E-state index in [1.54, 1.807) is 26.0 Å². The lowest BCUT2D eigenvalue weighted by Crippen LogP contribution is -2.10. The van der Waals surface area contributed by atoms with Crippen molar-refractivity contribution in [3.63, 3.8) is 0 Å². The van der Waals surface area contributed by atoms with Gasteiger partial charge >= 0.3 is 11.9 Å². The summed E-state index contributed by atoms with van der Waals surface area (Å²) in [5, 5.41) is 0. The summed E-state index contributed by atoms with van der Waals surface area (Å²) in [6.07, 6.45) is 17.9. The van der Waals surface area contributed by atoms with Crippen LogP contribution in [0.2, 0.25) is 0 Å². The summed E-state index contributed by atoms with van der Waals surface area (Å²) < 4.78 is 10.9. The summed E-state index contributed by atoms with van der Waals surface area (Å²) in [7, 11) is 0. The first-order valence-corrected chi connectivity index (χ1v) is 14.8. The minimum Gasteiger partial charge on any atom is -0.423 e. The Morgan fingerprint density at radius 1 is 0.615 bits per heavy atom. The molecule has 0 aromatic heterocycles. The fourth-order valence-electron chi connectivity index (χ4n) is 4.48. The van der Waals surface area contributed by atoms with Crippen LogP contribution >= 0.6 is 0 Å². The van der Waals surface area contributed by atoms with E-state index in [1.807, 2.05) is 24.3 Å².